The predicted octanol–water partition coefficient (Wildman–Crippen LogP) is 3.31. The van der Waals surface area contributed by atoms with Gasteiger partial charge in [0.05, 0.1) is 0 Å². The molecule has 1 atom stereocenters. The van der Waals surface area contributed by atoms with Gasteiger partial charge in [0.25, 0.3) is 0 Å². The lowest BCUT2D eigenvalue weighted by atomic mass is 9.71. The molecule has 0 bridgehead atoms. The topological polar surface area (TPSA) is 54.4 Å². The lowest BCUT2D eigenvalue weighted by Gasteiger charge is -2.34. The molecular formula is C18H24O3. The summed E-state index contributed by atoms with van der Waals surface area (Å²) >= 11 is 0. The molecule has 1 aliphatic carbocycles. The normalized spacial score (nSPS) is 23.4. The molecule has 0 aromatic carbocycles. The molecule has 1 aliphatic rings. The maximum Gasteiger partial charge on any atom is 0.187 e. The van der Waals surface area contributed by atoms with E-state index in [0.29, 0.717) is 12.0 Å². The van der Waals surface area contributed by atoms with Crippen LogP contribution in [0.25, 0.3) is 0 Å². The second-order valence-electron chi connectivity index (χ2n) is 6.22. The van der Waals surface area contributed by atoms with Crippen LogP contribution in [0.15, 0.2) is 47.1 Å². The molecule has 3 nitrogen and oxygen atoms in total. The second kappa shape index (κ2) is 6.81. The molecule has 0 amide bonds. The summed E-state index contributed by atoms with van der Waals surface area (Å²) < 4.78 is 0. The molecule has 21 heavy (non-hydrogen) atoms. The Morgan fingerprint density at radius 2 is 1.90 bits per heavy atom. The number of Topliss-reactive ketones (excluding diaryl/α,β-unsaturated/α-hetero) is 1. The number of ketones is 2. The van der Waals surface area contributed by atoms with Gasteiger partial charge < -0.3 is 5.11 Å². The smallest absolute Gasteiger partial charge is 0.187 e. The van der Waals surface area contributed by atoms with Crippen LogP contribution in [-0.2, 0) is 9.59 Å². The van der Waals surface area contributed by atoms with Crippen molar-refractivity contribution in [2.75, 3.05) is 0 Å². The van der Waals surface area contributed by atoms with E-state index in [4.69, 9.17) is 0 Å². The highest BCUT2D eigenvalue weighted by molar-refractivity contribution is 6.00. The minimum Gasteiger partial charge on any atom is -0.385 e. The van der Waals surface area contributed by atoms with Gasteiger partial charge in [-0.05, 0) is 49.8 Å². The van der Waals surface area contributed by atoms with Gasteiger partial charge in [0.15, 0.2) is 11.6 Å². The zero-order valence-electron chi connectivity index (χ0n) is 13.4. The van der Waals surface area contributed by atoms with Gasteiger partial charge in [-0.25, -0.2) is 0 Å². The quantitative estimate of drug-likeness (QED) is 0.638. The Balaban J connectivity index is 3.01. The third kappa shape index (κ3) is 4.64. The number of carbonyl (C=O) groups is 2. The fourth-order valence-corrected chi connectivity index (χ4v) is 2.53. The molecule has 1 N–H and O–H groups in total. The first-order valence-corrected chi connectivity index (χ1v) is 7.12. The van der Waals surface area contributed by atoms with Crippen molar-refractivity contribution in [2.24, 2.45) is 5.41 Å². The van der Waals surface area contributed by atoms with E-state index < -0.39 is 6.10 Å². The minimum absolute atomic E-state index is 0.00887. The summed E-state index contributed by atoms with van der Waals surface area (Å²) in [5.74, 6) is -0.179. The van der Waals surface area contributed by atoms with E-state index in [1.54, 1.807) is 13.0 Å². The molecule has 0 saturated heterocycles. The second-order valence-corrected chi connectivity index (χ2v) is 6.22. The SMILES string of the molecule is CC(=O)/C=C/C=C(C)/C=C/C1=C(C)C(=O)[C@@H](O)CC1(C)C. The van der Waals surface area contributed by atoms with Gasteiger partial charge in [-0.15, -0.1) is 0 Å². The Bertz CT molecular complexity index is 557. The monoisotopic (exact) mass is 288 g/mol. The van der Waals surface area contributed by atoms with Crippen molar-refractivity contribution in [3.05, 3.63) is 47.1 Å². The average molecular weight is 288 g/mol. The highest BCUT2D eigenvalue weighted by Gasteiger charge is 2.36. The van der Waals surface area contributed by atoms with E-state index in [0.717, 1.165) is 11.1 Å². The average Bonchev–Trinajstić information content (AvgIpc) is 2.34. The minimum atomic E-state index is -0.896. The first-order valence-electron chi connectivity index (χ1n) is 7.12. The Hall–Kier alpha value is -1.74. The molecule has 3 heteroatoms. The standard InChI is InChI=1S/C18H24O3/c1-12(7-6-8-13(2)19)9-10-15-14(3)17(21)16(20)11-18(15,4)5/h6-10,16,20H,11H2,1-5H3/b8-6+,10-9+,12-7+/t16-/m0/s1. The molecule has 1 rings (SSSR count). The molecule has 0 saturated carbocycles. The van der Waals surface area contributed by atoms with Gasteiger partial charge in [-0.3, -0.25) is 9.59 Å². The van der Waals surface area contributed by atoms with Crippen LogP contribution < -0.4 is 0 Å². The van der Waals surface area contributed by atoms with Crippen LogP contribution in [0.3, 0.4) is 0 Å². The molecular weight excluding hydrogens is 264 g/mol. The number of aliphatic hydroxyl groups is 1. The molecule has 0 unspecified atom stereocenters. The maximum absolute atomic E-state index is 11.9. The van der Waals surface area contributed by atoms with Crippen molar-refractivity contribution < 1.29 is 14.7 Å². The van der Waals surface area contributed by atoms with Crippen LogP contribution in [0.2, 0.25) is 0 Å². The number of rotatable bonds is 4. The molecule has 0 fully saturated rings. The molecule has 0 aromatic rings. The van der Waals surface area contributed by atoms with Gasteiger partial charge in [-0.2, -0.15) is 0 Å². The molecule has 0 radical (unpaired) electrons. The van der Waals surface area contributed by atoms with Crippen LogP contribution in [0, 0.1) is 5.41 Å². The molecule has 0 heterocycles. The summed E-state index contributed by atoms with van der Waals surface area (Å²) in [5, 5.41) is 9.79. The van der Waals surface area contributed by atoms with E-state index in [1.807, 2.05) is 39.0 Å². The number of allylic oxidation sites excluding steroid dienone is 7. The highest BCUT2D eigenvalue weighted by Crippen LogP contribution is 2.39. The molecule has 0 aliphatic heterocycles. The number of hydrogen-bond donors (Lipinski definition) is 1. The summed E-state index contributed by atoms with van der Waals surface area (Å²) in [6, 6.07) is 0. The van der Waals surface area contributed by atoms with Crippen molar-refractivity contribution in [2.45, 2.75) is 47.1 Å². The van der Waals surface area contributed by atoms with Crippen LogP contribution in [-0.4, -0.2) is 22.8 Å². The van der Waals surface area contributed by atoms with Gasteiger partial charge in [0.1, 0.15) is 6.10 Å². The van der Waals surface area contributed by atoms with Crippen LogP contribution in [0.1, 0.15) is 41.0 Å². The highest BCUT2D eigenvalue weighted by atomic mass is 16.3. The number of hydrogen-bond acceptors (Lipinski definition) is 3. The molecule has 0 spiro atoms. The summed E-state index contributed by atoms with van der Waals surface area (Å²) in [7, 11) is 0. The fourth-order valence-electron chi connectivity index (χ4n) is 2.53. The lowest BCUT2D eigenvalue weighted by molar-refractivity contribution is -0.125. The Labute approximate surface area is 126 Å². The van der Waals surface area contributed by atoms with Crippen LogP contribution >= 0.6 is 0 Å². The molecule has 0 aromatic heterocycles. The van der Waals surface area contributed by atoms with E-state index in [1.165, 1.54) is 13.0 Å². The summed E-state index contributed by atoms with van der Waals surface area (Å²) in [6.07, 6.45) is 8.47. The van der Waals surface area contributed by atoms with Crippen molar-refractivity contribution in [3.63, 3.8) is 0 Å². The first kappa shape index (κ1) is 17.3. The zero-order valence-corrected chi connectivity index (χ0v) is 13.4. The van der Waals surface area contributed by atoms with Gasteiger partial charge in [0, 0.05) is 0 Å². The fraction of sp³-hybridized carbons (Fsp3) is 0.444. The van der Waals surface area contributed by atoms with Crippen molar-refractivity contribution in [1.82, 2.24) is 0 Å². The van der Waals surface area contributed by atoms with E-state index in [2.05, 4.69) is 0 Å². The van der Waals surface area contributed by atoms with Crippen LogP contribution in [0.4, 0.5) is 0 Å². The summed E-state index contributed by atoms with van der Waals surface area (Å²) in [6.45, 7) is 9.26. The molecule has 114 valence electrons. The van der Waals surface area contributed by atoms with Crippen molar-refractivity contribution in [3.8, 4) is 0 Å². The van der Waals surface area contributed by atoms with Crippen molar-refractivity contribution >= 4 is 11.6 Å². The van der Waals surface area contributed by atoms with Gasteiger partial charge >= 0.3 is 0 Å². The Morgan fingerprint density at radius 3 is 2.48 bits per heavy atom. The Kier molecular flexibility index (Phi) is 5.62. The largest absolute Gasteiger partial charge is 0.385 e. The lowest BCUT2D eigenvalue weighted by Crippen LogP contribution is -2.35. The number of aliphatic hydroxyl groups excluding tert-OH is 1. The van der Waals surface area contributed by atoms with Gasteiger partial charge in [-0.1, -0.05) is 43.7 Å². The number of carbonyl (C=O) groups excluding carboxylic acids is 2. The van der Waals surface area contributed by atoms with Crippen LogP contribution in [0.5, 0.6) is 0 Å². The Morgan fingerprint density at radius 1 is 1.29 bits per heavy atom. The maximum atomic E-state index is 11.9. The summed E-state index contributed by atoms with van der Waals surface area (Å²) in [5.41, 5.74) is 2.34. The van der Waals surface area contributed by atoms with Gasteiger partial charge in [0.2, 0.25) is 0 Å². The summed E-state index contributed by atoms with van der Waals surface area (Å²) in [4.78, 5) is 22.7. The zero-order chi connectivity index (χ0) is 16.2. The third-order valence-corrected chi connectivity index (χ3v) is 3.71. The van der Waals surface area contributed by atoms with Crippen molar-refractivity contribution in [1.29, 1.82) is 0 Å². The van der Waals surface area contributed by atoms with E-state index >= 15 is 0 Å². The predicted molar refractivity (Wildman–Crippen MR) is 84.8 cm³/mol. The first-order chi connectivity index (χ1) is 9.65. The third-order valence-electron chi connectivity index (χ3n) is 3.71. The van der Waals surface area contributed by atoms with E-state index in [9.17, 15) is 14.7 Å². The van der Waals surface area contributed by atoms with E-state index in [-0.39, 0.29) is 17.0 Å².